The Labute approximate surface area is 284 Å². The van der Waals surface area contributed by atoms with Crippen LogP contribution in [0.25, 0.3) is 0 Å². The molecule has 48 heavy (non-hydrogen) atoms. The van der Waals surface area contributed by atoms with Crippen molar-refractivity contribution in [3.8, 4) is 23.3 Å². The third-order valence-electron chi connectivity index (χ3n) is 11.4. The molecule has 7 heteroatoms. The van der Waals surface area contributed by atoms with Gasteiger partial charge in [-0.25, -0.2) is 0 Å². The summed E-state index contributed by atoms with van der Waals surface area (Å²) in [6.45, 7) is 12.0. The Morgan fingerprint density at radius 1 is 1.08 bits per heavy atom. The summed E-state index contributed by atoms with van der Waals surface area (Å²) < 4.78 is 13.5. The van der Waals surface area contributed by atoms with E-state index in [1.165, 1.54) is 18.1 Å². The molecule has 1 N–H and O–H groups in total. The largest absolute Gasteiger partial charge is 0.504 e. The van der Waals surface area contributed by atoms with Gasteiger partial charge >= 0.3 is 5.97 Å². The third kappa shape index (κ3) is 5.17. The number of hydrogen-bond donors (Lipinski definition) is 1. The number of piperidine rings is 1. The van der Waals surface area contributed by atoms with Crippen molar-refractivity contribution in [2.24, 2.45) is 5.92 Å². The van der Waals surface area contributed by atoms with Crippen LogP contribution in [0, 0.1) is 31.6 Å². The molecule has 0 unspecified atom stereocenters. The van der Waals surface area contributed by atoms with E-state index in [9.17, 15) is 14.7 Å². The molecule has 7 rings (SSSR count). The number of benzene rings is 3. The zero-order valence-electron chi connectivity index (χ0n) is 28.7. The van der Waals surface area contributed by atoms with E-state index in [-0.39, 0.29) is 35.6 Å². The van der Waals surface area contributed by atoms with Crippen LogP contribution in [-0.4, -0.2) is 70.2 Å². The third-order valence-corrected chi connectivity index (χ3v) is 11.4. The molecule has 1 spiro atoms. The van der Waals surface area contributed by atoms with Gasteiger partial charge < -0.3 is 19.5 Å². The maximum atomic E-state index is 14.1. The van der Waals surface area contributed by atoms with E-state index in [0.29, 0.717) is 38.0 Å². The fraction of sp³-hybridized carbons (Fsp3) is 0.463. The predicted molar refractivity (Wildman–Crippen MR) is 185 cm³/mol. The average molecular weight is 647 g/mol. The Balaban J connectivity index is 1.30. The van der Waals surface area contributed by atoms with Crippen molar-refractivity contribution in [1.29, 1.82) is 0 Å². The first-order valence-corrected chi connectivity index (χ1v) is 17.4. The number of phenols is 1. The van der Waals surface area contributed by atoms with Crippen LogP contribution < -0.4 is 4.74 Å². The molecule has 1 amide bonds. The molecule has 2 heterocycles. The lowest BCUT2D eigenvalue weighted by molar-refractivity contribution is -0.224. The van der Waals surface area contributed by atoms with Crippen LogP contribution in [0.2, 0.25) is 0 Å². The van der Waals surface area contributed by atoms with E-state index in [4.69, 9.17) is 9.47 Å². The van der Waals surface area contributed by atoms with Crippen molar-refractivity contribution in [3.63, 3.8) is 0 Å². The lowest BCUT2D eigenvalue weighted by Gasteiger charge is -2.65. The maximum absolute atomic E-state index is 14.1. The number of nitrogens with zero attached hydrogens (tertiary/aromatic N) is 2. The van der Waals surface area contributed by atoms with Gasteiger partial charge in [0.2, 0.25) is 0 Å². The number of phenolic OH excluding ortho intramolecular Hbond substituents is 1. The summed E-state index contributed by atoms with van der Waals surface area (Å²) in [5.41, 5.74) is 4.92. The first-order valence-electron chi connectivity index (χ1n) is 17.4. The van der Waals surface area contributed by atoms with Gasteiger partial charge in [-0.2, -0.15) is 0 Å². The van der Waals surface area contributed by atoms with Crippen molar-refractivity contribution in [1.82, 2.24) is 9.80 Å². The molecule has 2 bridgehead atoms. The number of hydrogen-bond acceptors (Lipinski definition) is 6. The smallest absolute Gasteiger partial charge is 0.303 e. The SMILES string of the molecule is CC(=O)O[C@@]12CC[C@@H](N(CC(C)C)C(=O)C#Cc3ccc(C)c(C)c3)[C@@H]3Oc4c(O)ccc5c4[C@@]31CCN(CCc1ccccc1)[C@@H]2C5. The second kappa shape index (κ2) is 12.3. The molecule has 4 aliphatic rings. The molecule has 2 fully saturated rings. The molecule has 2 aliphatic heterocycles. The number of aromatic hydroxyl groups is 1. The van der Waals surface area contributed by atoms with Crippen LogP contribution in [0.15, 0.2) is 60.7 Å². The molecule has 3 aromatic carbocycles. The van der Waals surface area contributed by atoms with Gasteiger partial charge in [0, 0.05) is 37.1 Å². The molecular weight excluding hydrogens is 600 g/mol. The molecule has 0 radical (unpaired) electrons. The van der Waals surface area contributed by atoms with E-state index in [2.05, 4.69) is 61.8 Å². The average Bonchev–Trinajstić information content (AvgIpc) is 3.41. The van der Waals surface area contributed by atoms with Crippen molar-refractivity contribution >= 4 is 11.9 Å². The zero-order valence-corrected chi connectivity index (χ0v) is 28.7. The number of amides is 1. The Hall–Kier alpha value is -4.28. The lowest BCUT2D eigenvalue weighted by Crippen LogP contribution is -2.79. The van der Waals surface area contributed by atoms with E-state index < -0.39 is 17.1 Å². The van der Waals surface area contributed by atoms with Crippen LogP contribution in [0.3, 0.4) is 0 Å². The van der Waals surface area contributed by atoms with Gasteiger partial charge in [0.15, 0.2) is 11.5 Å². The Morgan fingerprint density at radius 3 is 2.60 bits per heavy atom. The van der Waals surface area contributed by atoms with Gasteiger partial charge in [-0.05, 0) is 98.9 Å². The number of aryl methyl sites for hydroxylation is 2. The normalized spacial score (nSPS) is 26.6. The number of carbonyl (C=O) groups excluding carboxylic acids is 2. The summed E-state index contributed by atoms with van der Waals surface area (Å²) in [4.78, 5) is 31.7. The topological polar surface area (TPSA) is 79.3 Å². The predicted octanol–water partition coefficient (Wildman–Crippen LogP) is 5.88. The second-order valence-electron chi connectivity index (χ2n) is 14.7. The Morgan fingerprint density at radius 2 is 1.88 bits per heavy atom. The lowest BCUT2D eigenvalue weighted by atomic mass is 9.48. The summed E-state index contributed by atoms with van der Waals surface area (Å²) in [7, 11) is 0. The molecule has 250 valence electrons. The fourth-order valence-electron chi connectivity index (χ4n) is 9.32. The van der Waals surface area contributed by atoms with Gasteiger partial charge in [-0.1, -0.05) is 62.2 Å². The first kappa shape index (κ1) is 32.3. The minimum absolute atomic E-state index is 0.0623. The zero-order chi connectivity index (χ0) is 33.8. The molecule has 3 aromatic rings. The molecule has 1 saturated carbocycles. The van der Waals surface area contributed by atoms with E-state index in [1.807, 2.05) is 42.2 Å². The number of carbonyl (C=O) groups is 2. The van der Waals surface area contributed by atoms with Crippen LogP contribution in [-0.2, 0) is 32.6 Å². The maximum Gasteiger partial charge on any atom is 0.303 e. The molecule has 5 atom stereocenters. The van der Waals surface area contributed by atoms with E-state index >= 15 is 0 Å². The van der Waals surface area contributed by atoms with Gasteiger partial charge in [0.1, 0.15) is 11.7 Å². The van der Waals surface area contributed by atoms with Crippen molar-refractivity contribution in [2.75, 3.05) is 19.6 Å². The second-order valence-corrected chi connectivity index (χ2v) is 14.7. The minimum Gasteiger partial charge on any atom is -0.504 e. The van der Waals surface area contributed by atoms with E-state index in [0.717, 1.165) is 41.8 Å². The molecule has 7 nitrogen and oxygen atoms in total. The number of rotatable bonds is 7. The van der Waals surface area contributed by atoms with Crippen molar-refractivity contribution < 1.29 is 24.2 Å². The number of likely N-dealkylation sites (tertiary alicyclic amines) is 1. The Kier molecular flexibility index (Phi) is 8.28. The van der Waals surface area contributed by atoms with Crippen LogP contribution in [0.1, 0.15) is 73.4 Å². The molecule has 1 saturated heterocycles. The van der Waals surface area contributed by atoms with Gasteiger partial charge in [0.25, 0.3) is 5.91 Å². The number of esters is 1. The summed E-state index contributed by atoms with van der Waals surface area (Å²) in [6, 6.07) is 19.9. The highest BCUT2D eigenvalue weighted by Crippen LogP contribution is 2.67. The summed E-state index contributed by atoms with van der Waals surface area (Å²) in [5, 5.41) is 11.2. The van der Waals surface area contributed by atoms with Gasteiger partial charge in [-0.15, -0.1) is 0 Å². The summed E-state index contributed by atoms with van der Waals surface area (Å²) >= 11 is 0. The van der Waals surface area contributed by atoms with Crippen molar-refractivity contribution in [2.45, 2.75) is 95.9 Å². The first-order chi connectivity index (χ1) is 23.0. The highest BCUT2D eigenvalue weighted by molar-refractivity contribution is 5.94. The fourth-order valence-corrected chi connectivity index (χ4v) is 9.32. The Bertz CT molecular complexity index is 1810. The summed E-state index contributed by atoms with van der Waals surface area (Å²) in [5.74, 6) is 6.32. The molecular formula is C41H46N2O5. The number of ether oxygens (including phenoxy) is 2. The van der Waals surface area contributed by atoms with Crippen LogP contribution >= 0.6 is 0 Å². The van der Waals surface area contributed by atoms with Crippen LogP contribution in [0.5, 0.6) is 11.5 Å². The molecule has 2 aliphatic carbocycles. The van der Waals surface area contributed by atoms with Gasteiger partial charge in [-0.3, -0.25) is 14.5 Å². The quantitative estimate of drug-likeness (QED) is 0.255. The standard InChI is InChI=1S/C41H46N2O5/c1-26(2)25-43(36(46)16-13-31-12-11-27(3)28(4)23-31)33-17-19-41(48-29(5)44)35-24-32-14-15-34(45)38-37(32)40(41,39(33)47-38)20-22-42(35)21-18-30-9-7-6-8-10-30/h6-12,14-15,23,26,33,35,39,45H,17-22,24-25H2,1-5H3/t33-,35-,39+,40+,41-/m1/s1. The highest BCUT2D eigenvalue weighted by Gasteiger charge is 2.75. The van der Waals surface area contributed by atoms with Gasteiger partial charge in [0.05, 0.1) is 17.5 Å². The summed E-state index contributed by atoms with van der Waals surface area (Å²) in [6.07, 6.45) is 2.96. The minimum atomic E-state index is -0.862. The molecule has 0 aromatic heterocycles. The van der Waals surface area contributed by atoms with E-state index in [1.54, 1.807) is 6.07 Å². The van der Waals surface area contributed by atoms with Crippen LogP contribution in [0.4, 0.5) is 0 Å². The van der Waals surface area contributed by atoms with Crippen molar-refractivity contribution in [3.05, 3.63) is 94.0 Å². The highest BCUT2D eigenvalue weighted by atomic mass is 16.6. The monoisotopic (exact) mass is 646 g/mol.